The number of nitrogens with zero attached hydrogens (tertiary/aromatic N) is 3. The Kier molecular flexibility index (Phi) is 3.21. The fraction of sp³-hybridized carbons (Fsp3) is 0.579. The number of hydrogen-bond donors (Lipinski definition) is 1. The van der Waals surface area contributed by atoms with Gasteiger partial charge >= 0.3 is 5.97 Å². The van der Waals surface area contributed by atoms with Gasteiger partial charge in [-0.1, -0.05) is 11.6 Å². The van der Waals surface area contributed by atoms with Crippen molar-refractivity contribution < 1.29 is 19.2 Å². The van der Waals surface area contributed by atoms with E-state index in [4.69, 9.17) is 4.52 Å². The predicted octanol–water partition coefficient (Wildman–Crippen LogP) is 2.74. The van der Waals surface area contributed by atoms with Crippen LogP contribution in [0, 0.1) is 18.3 Å². The van der Waals surface area contributed by atoms with E-state index in [2.05, 4.69) is 10.1 Å². The first-order chi connectivity index (χ1) is 12.5. The van der Waals surface area contributed by atoms with Crippen molar-refractivity contribution in [1.82, 2.24) is 15.0 Å². The van der Waals surface area contributed by atoms with Gasteiger partial charge in [-0.3, -0.25) is 9.59 Å². The third-order valence-electron chi connectivity index (χ3n) is 6.45. The number of aromatic nitrogens is 2. The molecule has 0 bridgehead atoms. The number of carboxylic acids is 1. The van der Waals surface area contributed by atoms with Crippen LogP contribution in [-0.2, 0) is 4.79 Å². The molecule has 1 N–H and O–H groups in total. The molecule has 5 rings (SSSR count). The molecule has 7 nitrogen and oxygen atoms in total. The molecule has 2 atom stereocenters. The SMILES string of the molecule is Cc1noc2nc(C3CC3)cc(C(=O)N3C[C@@H]4CCC[C@@]4(C(=O)O)C3)c12. The lowest BCUT2D eigenvalue weighted by molar-refractivity contribution is -0.149. The van der Waals surface area contributed by atoms with Crippen molar-refractivity contribution in [1.29, 1.82) is 0 Å². The standard InChI is InChI=1S/C19H21N3O4/c1-10-15-13(7-14(11-4-5-11)20-16(15)26-21-10)17(23)22-8-12-3-2-6-19(12,9-22)18(24)25/h7,11-12H,2-6,8-9H2,1H3,(H,24,25)/t12-,19+/m0/s1. The van der Waals surface area contributed by atoms with Gasteiger partial charge in [0, 0.05) is 24.7 Å². The van der Waals surface area contributed by atoms with Crippen molar-refractivity contribution in [2.75, 3.05) is 13.1 Å². The first kappa shape index (κ1) is 15.8. The van der Waals surface area contributed by atoms with E-state index in [0.29, 0.717) is 47.8 Å². The highest BCUT2D eigenvalue weighted by Crippen LogP contribution is 2.49. The van der Waals surface area contributed by atoms with E-state index >= 15 is 0 Å². The van der Waals surface area contributed by atoms with Gasteiger partial charge < -0.3 is 14.5 Å². The highest BCUT2D eigenvalue weighted by Gasteiger charge is 2.56. The number of aliphatic carboxylic acids is 1. The smallest absolute Gasteiger partial charge is 0.311 e. The first-order valence-corrected chi connectivity index (χ1v) is 9.29. The van der Waals surface area contributed by atoms with Crippen molar-refractivity contribution in [3.05, 3.63) is 23.0 Å². The van der Waals surface area contributed by atoms with Crippen molar-refractivity contribution in [2.24, 2.45) is 11.3 Å². The molecule has 3 heterocycles. The summed E-state index contributed by atoms with van der Waals surface area (Å²) in [5.74, 6) is -0.456. The Balaban J connectivity index is 1.55. The Labute approximate surface area is 150 Å². The zero-order valence-electron chi connectivity index (χ0n) is 14.7. The topological polar surface area (TPSA) is 96.5 Å². The Hall–Kier alpha value is -2.44. The molecule has 0 spiro atoms. The third-order valence-corrected chi connectivity index (χ3v) is 6.45. The zero-order valence-corrected chi connectivity index (χ0v) is 14.7. The number of likely N-dealkylation sites (tertiary alicyclic amines) is 1. The van der Waals surface area contributed by atoms with Gasteiger partial charge in [-0.25, -0.2) is 4.98 Å². The second kappa shape index (κ2) is 5.28. The van der Waals surface area contributed by atoms with Crippen LogP contribution in [0.4, 0.5) is 0 Å². The summed E-state index contributed by atoms with van der Waals surface area (Å²) in [6.45, 7) is 2.61. The highest BCUT2D eigenvalue weighted by molar-refractivity contribution is 6.06. The maximum Gasteiger partial charge on any atom is 0.311 e. The number of amides is 1. The average molecular weight is 355 g/mol. The van der Waals surface area contributed by atoms with Crippen molar-refractivity contribution in [2.45, 2.75) is 44.9 Å². The fourth-order valence-electron chi connectivity index (χ4n) is 4.83. The lowest BCUT2D eigenvalue weighted by Crippen LogP contribution is -2.37. The van der Waals surface area contributed by atoms with Gasteiger partial charge in [0.2, 0.25) is 0 Å². The van der Waals surface area contributed by atoms with Crippen molar-refractivity contribution in [3.8, 4) is 0 Å². The van der Waals surface area contributed by atoms with Crippen LogP contribution in [0.3, 0.4) is 0 Å². The summed E-state index contributed by atoms with van der Waals surface area (Å²) in [5, 5.41) is 14.4. The van der Waals surface area contributed by atoms with Crippen LogP contribution in [0.5, 0.6) is 0 Å². The van der Waals surface area contributed by atoms with Gasteiger partial charge in [0.25, 0.3) is 11.6 Å². The summed E-state index contributed by atoms with van der Waals surface area (Å²) in [6.07, 6.45) is 4.61. The lowest BCUT2D eigenvalue weighted by atomic mass is 9.81. The normalized spacial score (nSPS) is 27.9. The summed E-state index contributed by atoms with van der Waals surface area (Å²) in [5.41, 5.74) is 1.71. The summed E-state index contributed by atoms with van der Waals surface area (Å²) < 4.78 is 5.33. The minimum atomic E-state index is -0.773. The van der Waals surface area contributed by atoms with E-state index in [1.807, 2.05) is 6.07 Å². The summed E-state index contributed by atoms with van der Waals surface area (Å²) in [7, 11) is 0. The molecule has 0 unspecified atom stereocenters. The molecule has 7 heteroatoms. The van der Waals surface area contributed by atoms with Crippen LogP contribution in [0.25, 0.3) is 11.1 Å². The summed E-state index contributed by atoms with van der Waals surface area (Å²) in [4.78, 5) is 31.5. The molecule has 1 saturated heterocycles. The second-order valence-corrected chi connectivity index (χ2v) is 8.05. The lowest BCUT2D eigenvalue weighted by Gasteiger charge is -2.23. The Morgan fingerprint density at radius 2 is 2.15 bits per heavy atom. The summed E-state index contributed by atoms with van der Waals surface area (Å²) >= 11 is 0. The molecule has 0 radical (unpaired) electrons. The van der Waals surface area contributed by atoms with Crippen LogP contribution in [0.15, 0.2) is 10.6 Å². The minimum Gasteiger partial charge on any atom is -0.481 e. The van der Waals surface area contributed by atoms with E-state index in [9.17, 15) is 14.7 Å². The Morgan fingerprint density at radius 1 is 1.35 bits per heavy atom. The number of pyridine rings is 1. The maximum absolute atomic E-state index is 13.3. The average Bonchev–Trinajstić information content (AvgIpc) is 3.13. The Morgan fingerprint density at radius 3 is 2.85 bits per heavy atom. The molecule has 2 aliphatic carbocycles. The van der Waals surface area contributed by atoms with E-state index in [0.717, 1.165) is 31.4 Å². The number of hydrogen-bond acceptors (Lipinski definition) is 5. The number of rotatable bonds is 3. The van der Waals surface area contributed by atoms with E-state index < -0.39 is 11.4 Å². The van der Waals surface area contributed by atoms with Crippen LogP contribution in [-0.4, -0.2) is 45.1 Å². The van der Waals surface area contributed by atoms with Crippen LogP contribution >= 0.6 is 0 Å². The monoisotopic (exact) mass is 355 g/mol. The fourth-order valence-corrected chi connectivity index (χ4v) is 4.83. The van der Waals surface area contributed by atoms with Crippen LogP contribution in [0.2, 0.25) is 0 Å². The van der Waals surface area contributed by atoms with E-state index in [1.54, 1.807) is 11.8 Å². The molecule has 3 fully saturated rings. The largest absolute Gasteiger partial charge is 0.481 e. The number of aryl methyl sites for hydroxylation is 1. The Bertz CT molecular complexity index is 932. The quantitative estimate of drug-likeness (QED) is 0.909. The van der Waals surface area contributed by atoms with Gasteiger partial charge in [-0.05, 0) is 44.6 Å². The van der Waals surface area contributed by atoms with Gasteiger partial charge in [0.05, 0.1) is 22.1 Å². The third kappa shape index (κ3) is 2.12. The van der Waals surface area contributed by atoms with Crippen LogP contribution < -0.4 is 0 Å². The highest BCUT2D eigenvalue weighted by atomic mass is 16.5. The van der Waals surface area contributed by atoms with Crippen molar-refractivity contribution in [3.63, 3.8) is 0 Å². The number of carbonyl (C=O) groups is 2. The zero-order chi connectivity index (χ0) is 18.1. The summed E-state index contributed by atoms with van der Waals surface area (Å²) in [6, 6.07) is 1.87. The molecule has 1 amide bonds. The predicted molar refractivity (Wildman–Crippen MR) is 91.8 cm³/mol. The molecule has 1 aliphatic heterocycles. The molecule has 2 saturated carbocycles. The number of fused-ring (bicyclic) bond motifs is 2. The van der Waals surface area contributed by atoms with Crippen molar-refractivity contribution >= 4 is 23.0 Å². The van der Waals surface area contributed by atoms with Gasteiger partial charge in [-0.2, -0.15) is 0 Å². The van der Waals surface area contributed by atoms with E-state index in [1.165, 1.54) is 0 Å². The maximum atomic E-state index is 13.3. The van der Waals surface area contributed by atoms with Gasteiger partial charge in [0.15, 0.2) is 0 Å². The molecule has 2 aromatic rings. The molecule has 2 aromatic heterocycles. The molecule has 0 aromatic carbocycles. The minimum absolute atomic E-state index is 0.0488. The second-order valence-electron chi connectivity index (χ2n) is 8.05. The first-order valence-electron chi connectivity index (χ1n) is 9.29. The van der Waals surface area contributed by atoms with Gasteiger partial charge in [0.1, 0.15) is 0 Å². The molecule has 3 aliphatic rings. The number of carboxylic acid groups (broad SMARTS) is 1. The van der Waals surface area contributed by atoms with Gasteiger partial charge in [-0.15, -0.1) is 0 Å². The number of carbonyl (C=O) groups excluding carboxylic acids is 1. The van der Waals surface area contributed by atoms with E-state index in [-0.39, 0.29) is 11.8 Å². The molecule has 26 heavy (non-hydrogen) atoms. The molecular formula is C19H21N3O4. The molecule has 136 valence electrons. The van der Waals surface area contributed by atoms with Crippen LogP contribution in [0.1, 0.15) is 59.8 Å². The molecular weight excluding hydrogens is 334 g/mol.